The van der Waals surface area contributed by atoms with E-state index in [1.54, 1.807) is 12.1 Å². The van der Waals surface area contributed by atoms with Gasteiger partial charge in [-0.25, -0.2) is 4.79 Å². The van der Waals surface area contributed by atoms with Crippen molar-refractivity contribution in [2.75, 3.05) is 13.2 Å². The summed E-state index contributed by atoms with van der Waals surface area (Å²) in [6.07, 6.45) is 0. The Morgan fingerprint density at radius 2 is 1.31 bits per heavy atom. The van der Waals surface area contributed by atoms with Crippen LogP contribution in [0.4, 0.5) is 8.78 Å². The predicted octanol–water partition coefficient (Wildman–Crippen LogP) is 4.18. The molecule has 3 aromatic carbocycles. The first-order chi connectivity index (χ1) is 15.2. The first-order valence-corrected chi connectivity index (χ1v) is 11.9. The van der Waals surface area contributed by atoms with Gasteiger partial charge in [-0.2, -0.15) is 17.2 Å². The first kappa shape index (κ1) is 23.7. The van der Waals surface area contributed by atoms with Crippen molar-refractivity contribution < 1.29 is 36.0 Å². The van der Waals surface area contributed by atoms with E-state index in [0.29, 0.717) is 5.75 Å². The largest absolute Gasteiger partial charge is 0.482 e. The minimum absolute atomic E-state index is 0.303. The lowest BCUT2D eigenvalue weighted by atomic mass is 10.3. The summed E-state index contributed by atoms with van der Waals surface area (Å²) in [5, 5.41) is -4.59. The molecular weight excluding hydrogens is 462 g/mol. The summed E-state index contributed by atoms with van der Waals surface area (Å²) in [6, 6.07) is 26.9. The van der Waals surface area contributed by atoms with Gasteiger partial charge in [0.25, 0.3) is 0 Å². The fraction of sp³-hybridized carbons (Fsp3) is 0.136. The van der Waals surface area contributed by atoms with Gasteiger partial charge >= 0.3 is 21.3 Å². The molecule has 3 rings (SSSR count). The maximum absolute atomic E-state index is 13.1. The van der Waals surface area contributed by atoms with E-state index in [0.717, 1.165) is 14.7 Å². The zero-order chi connectivity index (χ0) is 23.2. The molecule has 0 saturated heterocycles. The third-order valence-electron chi connectivity index (χ3n) is 4.15. The predicted molar refractivity (Wildman–Crippen MR) is 114 cm³/mol. The van der Waals surface area contributed by atoms with Gasteiger partial charge in [-0.1, -0.05) is 36.4 Å². The Labute approximate surface area is 186 Å². The van der Waals surface area contributed by atoms with Crippen LogP contribution < -0.4 is 4.74 Å². The lowest BCUT2D eigenvalue weighted by molar-refractivity contribution is -0.151. The third kappa shape index (κ3) is 6.06. The Morgan fingerprint density at radius 3 is 1.78 bits per heavy atom. The minimum Gasteiger partial charge on any atom is -0.482 e. The monoisotopic (exact) mass is 481 g/mol. The molecule has 0 aliphatic carbocycles. The number of rotatable bonds is 9. The van der Waals surface area contributed by atoms with Crippen molar-refractivity contribution >= 4 is 27.0 Å². The van der Waals surface area contributed by atoms with E-state index in [9.17, 15) is 22.0 Å². The Balaban J connectivity index is 1.67. The number of benzene rings is 3. The summed E-state index contributed by atoms with van der Waals surface area (Å²) < 4.78 is 65.1. The molecule has 0 saturated carbocycles. The maximum atomic E-state index is 13.1. The lowest BCUT2D eigenvalue weighted by Crippen LogP contribution is -2.35. The molecule has 3 aromatic rings. The molecule has 6 nitrogen and oxygen atoms in total. The summed E-state index contributed by atoms with van der Waals surface area (Å²) in [6.45, 7) is -2.51. The molecule has 0 bridgehead atoms. The van der Waals surface area contributed by atoms with Gasteiger partial charge in [0.1, 0.15) is 5.75 Å². The summed E-state index contributed by atoms with van der Waals surface area (Å²) in [4.78, 5) is 14.8. The zero-order valence-corrected chi connectivity index (χ0v) is 18.2. The second-order valence-electron chi connectivity index (χ2n) is 6.47. The number of carbonyl (C=O) groups is 1. The first-order valence-electron chi connectivity index (χ1n) is 9.25. The molecule has 0 aliphatic rings. The van der Waals surface area contributed by atoms with Crippen LogP contribution in [0.3, 0.4) is 0 Å². The number of ether oxygens (including phenoxy) is 2. The Kier molecular flexibility index (Phi) is 7.49. The number of esters is 1. The molecule has 0 atom stereocenters. The lowest BCUT2D eigenvalue weighted by Gasteiger charge is -2.13. The summed E-state index contributed by atoms with van der Waals surface area (Å²) in [7, 11) is -6.04. The van der Waals surface area contributed by atoms with Gasteiger partial charge < -0.3 is 9.47 Å². The van der Waals surface area contributed by atoms with E-state index in [2.05, 4.69) is 4.74 Å². The molecule has 0 spiro atoms. The van der Waals surface area contributed by atoms with Gasteiger partial charge in [0.2, 0.25) is 0 Å². The summed E-state index contributed by atoms with van der Waals surface area (Å²) in [5.74, 6) is -0.900. The number of alkyl halides is 2. The molecule has 0 aliphatic heterocycles. The van der Waals surface area contributed by atoms with E-state index >= 15 is 0 Å². The van der Waals surface area contributed by atoms with Crippen LogP contribution in [0.15, 0.2) is 99.6 Å². The molecular formula is C22H19F2O6S2+. The van der Waals surface area contributed by atoms with Crippen LogP contribution in [0.5, 0.6) is 5.75 Å². The quantitative estimate of drug-likeness (QED) is 0.280. The number of hydrogen-bond acceptors (Lipinski definition) is 5. The number of carbonyl (C=O) groups excluding carboxylic acids is 1. The number of hydrogen-bond donors (Lipinski definition) is 1. The average molecular weight is 482 g/mol. The van der Waals surface area contributed by atoms with Crippen LogP contribution >= 0.6 is 0 Å². The van der Waals surface area contributed by atoms with Crippen LogP contribution in [0, 0.1) is 0 Å². The van der Waals surface area contributed by atoms with Gasteiger partial charge in [-0.15, -0.1) is 0 Å². The van der Waals surface area contributed by atoms with Crippen molar-refractivity contribution in [3.05, 3.63) is 84.9 Å². The van der Waals surface area contributed by atoms with Crippen LogP contribution in [-0.4, -0.2) is 37.4 Å². The molecule has 0 unspecified atom stereocenters. The topological polar surface area (TPSA) is 89.9 Å². The zero-order valence-electron chi connectivity index (χ0n) is 16.6. The minimum atomic E-state index is -5.67. The molecule has 10 heteroatoms. The Bertz CT molecular complexity index is 1100. The maximum Gasteiger partial charge on any atom is 0.402 e. The van der Waals surface area contributed by atoms with Crippen molar-refractivity contribution in [2.24, 2.45) is 0 Å². The van der Waals surface area contributed by atoms with Gasteiger partial charge in [-0.3, -0.25) is 4.55 Å². The molecule has 32 heavy (non-hydrogen) atoms. The van der Waals surface area contributed by atoms with Crippen molar-refractivity contribution in [2.45, 2.75) is 19.9 Å². The Hall–Kier alpha value is -2.95. The average Bonchev–Trinajstić information content (AvgIpc) is 2.78. The highest BCUT2D eigenvalue weighted by Crippen LogP contribution is 2.31. The van der Waals surface area contributed by atoms with Crippen LogP contribution in [-0.2, 0) is 30.5 Å². The van der Waals surface area contributed by atoms with Gasteiger partial charge in [0, 0.05) is 0 Å². The van der Waals surface area contributed by atoms with E-state index < -0.39 is 34.6 Å². The van der Waals surface area contributed by atoms with E-state index in [4.69, 9.17) is 9.29 Å². The van der Waals surface area contributed by atoms with Crippen molar-refractivity contribution in [1.29, 1.82) is 0 Å². The summed E-state index contributed by atoms with van der Waals surface area (Å²) in [5.41, 5.74) is 0. The smallest absolute Gasteiger partial charge is 0.402 e. The van der Waals surface area contributed by atoms with Crippen LogP contribution in [0.25, 0.3) is 0 Å². The number of halogens is 2. The van der Waals surface area contributed by atoms with E-state index in [1.165, 1.54) is 0 Å². The second-order valence-corrected chi connectivity index (χ2v) is 10.0. The van der Waals surface area contributed by atoms with Gasteiger partial charge in [0.05, 0.1) is 10.9 Å². The van der Waals surface area contributed by atoms with Crippen molar-refractivity contribution in [3.8, 4) is 5.75 Å². The van der Waals surface area contributed by atoms with Crippen molar-refractivity contribution in [3.63, 3.8) is 0 Å². The summed E-state index contributed by atoms with van der Waals surface area (Å²) >= 11 is 0. The van der Waals surface area contributed by atoms with E-state index in [-0.39, 0.29) is 10.9 Å². The SMILES string of the molecule is O=C(COc1ccc([S+](c2ccccc2)c2ccccc2)cc1)OCC(F)(F)S(=O)(=O)O. The molecule has 0 heterocycles. The fourth-order valence-electron chi connectivity index (χ4n) is 2.62. The Morgan fingerprint density at radius 1 is 0.844 bits per heavy atom. The third-order valence-corrected chi connectivity index (χ3v) is 7.26. The molecule has 168 valence electrons. The highest BCUT2D eigenvalue weighted by molar-refractivity contribution is 7.97. The molecule has 0 aromatic heterocycles. The van der Waals surface area contributed by atoms with Crippen LogP contribution in [0.2, 0.25) is 0 Å². The standard InChI is InChI=1S/C22H18F2O6S2/c23-22(24,32(26,27)28)16-30-21(25)15-29-17-11-13-20(14-12-17)31(18-7-3-1-4-8-18)19-9-5-2-6-10-19/h1-14H,15-16H2/p+1. The van der Waals surface area contributed by atoms with E-state index in [1.807, 2.05) is 72.8 Å². The molecule has 0 fully saturated rings. The highest BCUT2D eigenvalue weighted by atomic mass is 32.2. The highest BCUT2D eigenvalue weighted by Gasteiger charge is 2.45. The normalized spacial score (nSPS) is 11.9. The second kappa shape index (κ2) is 10.1. The van der Waals surface area contributed by atoms with Crippen LogP contribution in [0.1, 0.15) is 0 Å². The molecule has 0 amide bonds. The van der Waals surface area contributed by atoms with Gasteiger partial charge in [0.15, 0.2) is 27.9 Å². The fourth-order valence-corrected chi connectivity index (χ4v) is 4.91. The van der Waals surface area contributed by atoms with Gasteiger partial charge in [-0.05, 0) is 48.5 Å². The molecule has 1 N–H and O–H groups in total. The van der Waals surface area contributed by atoms with Crippen molar-refractivity contribution in [1.82, 2.24) is 0 Å². The molecule has 0 radical (unpaired) electrons.